The molecule has 4 rings (SSSR count). The summed E-state index contributed by atoms with van der Waals surface area (Å²) in [6, 6.07) is 11.6. The number of fused-ring (bicyclic) bond motifs is 3. The minimum atomic E-state index is -0.956. The Labute approximate surface area is 178 Å². The smallest absolute Gasteiger partial charge is 0.251 e. The van der Waals surface area contributed by atoms with Crippen molar-refractivity contribution in [2.24, 2.45) is 0 Å². The average molecular weight is 431 g/mol. The van der Waals surface area contributed by atoms with E-state index < -0.39 is 11.9 Å². The van der Waals surface area contributed by atoms with E-state index in [-0.39, 0.29) is 5.91 Å². The largest absolute Gasteiger partial charge is 0.357 e. The van der Waals surface area contributed by atoms with E-state index in [1.807, 2.05) is 23.1 Å². The molecule has 0 saturated heterocycles. The molecule has 3 aromatic rings. The Hall–Kier alpha value is -2.54. The molecule has 1 aliphatic rings. The van der Waals surface area contributed by atoms with Gasteiger partial charge in [-0.15, -0.1) is 0 Å². The second kappa shape index (κ2) is 8.06. The number of anilines is 1. The van der Waals surface area contributed by atoms with Crippen LogP contribution in [0.5, 0.6) is 0 Å². The van der Waals surface area contributed by atoms with Gasteiger partial charge in [0.15, 0.2) is 6.04 Å². The number of aromatic amines is 1. The average Bonchev–Trinajstić information content (AvgIpc) is 3.05. The predicted molar refractivity (Wildman–Crippen MR) is 115 cm³/mol. The number of benzene rings is 2. The fraction of sp³-hybridized carbons (Fsp3) is 0.238. The molecular weight excluding hydrogens is 411 g/mol. The van der Waals surface area contributed by atoms with Crippen molar-refractivity contribution in [1.82, 2.24) is 15.2 Å². The van der Waals surface area contributed by atoms with Gasteiger partial charge in [-0.1, -0.05) is 29.3 Å². The Morgan fingerprint density at radius 3 is 2.66 bits per heavy atom. The van der Waals surface area contributed by atoms with E-state index in [1.54, 1.807) is 24.3 Å². The molecule has 3 N–H and O–H groups in total. The number of halogens is 2. The number of likely N-dealkylation sites (N-methyl/N-ethyl adjacent to an activating group) is 1. The molecule has 0 spiro atoms. The van der Waals surface area contributed by atoms with Gasteiger partial charge in [0.2, 0.25) is 5.91 Å². The lowest BCUT2D eigenvalue weighted by molar-refractivity contribution is -0.134. The first-order valence-corrected chi connectivity index (χ1v) is 10.0. The van der Waals surface area contributed by atoms with Crippen LogP contribution in [0.15, 0.2) is 42.5 Å². The van der Waals surface area contributed by atoms with E-state index in [0.29, 0.717) is 35.2 Å². The summed E-state index contributed by atoms with van der Waals surface area (Å²) in [6.07, 6.45) is 0.716. The van der Waals surface area contributed by atoms with Gasteiger partial charge in [0.25, 0.3) is 5.91 Å². The summed E-state index contributed by atoms with van der Waals surface area (Å²) >= 11 is 12.1. The number of hydrogen-bond donors (Lipinski definition) is 3. The maximum atomic E-state index is 13.0. The van der Waals surface area contributed by atoms with Gasteiger partial charge in [0.1, 0.15) is 0 Å². The van der Waals surface area contributed by atoms with Crippen molar-refractivity contribution in [3.8, 4) is 0 Å². The molecule has 2 amide bonds. The highest BCUT2D eigenvalue weighted by Crippen LogP contribution is 2.30. The minimum absolute atomic E-state index is 0.355. The molecule has 1 atom stereocenters. The maximum Gasteiger partial charge on any atom is 0.251 e. The van der Waals surface area contributed by atoms with Crippen molar-refractivity contribution in [2.45, 2.75) is 19.0 Å². The van der Waals surface area contributed by atoms with E-state index in [1.165, 1.54) is 12.6 Å². The lowest BCUT2D eigenvalue weighted by Gasteiger charge is -2.32. The highest BCUT2D eigenvalue weighted by Gasteiger charge is 2.35. The third-order valence-corrected chi connectivity index (χ3v) is 5.64. The number of carbonyl (C=O) groups excluding carboxylic acids is 2. The molecule has 0 saturated carbocycles. The van der Waals surface area contributed by atoms with Crippen LogP contribution in [0.25, 0.3) is 10.9 Å². The molecule has 6 nitrogen and oxygen atoms in total. The zero-order chi connectivity index (χ0) is 20.5. The molecule has 2 aromatic carbocycles. The van der Waals surface area contributed by atoms with Crippen molar-refractivity contribution in [3.63, 3.8) is 0 Å². The molecule has 150 valence electrons. The second-order valence-electron chi connectivity index (χ2n) is 7.01. The Bertz CT molecular complexity index is 1100. The van der Waals surface area contributed by atoms with Crippen LogP contribution in [-0.2, 0) is 22.6 Å². The fourth-order valence-electron chi connectivity index (χ4n) is 3.82. The topological polar surface area (TPSA) is 77.2 Å². The Kier molecular flexibility index (Phi) is 5.50. The van der Waals surface area contributed by atoms with Crippen molar-refractivity contribution >= 4 is 51.6 Å². The molecule has 8 heteroatoms. The number of nitrogens with one attached hydrogen (secondary N) is 3. The molecular formula is C21H20Cl2N4O2. The zero-order valence-corrected chi connectivity index (χ0v) is 17.3. The van der Waals surface area contributed by atoms with Crippen LogP contribution in [0.4, 0.5) is 5.69 Å². The van der Waals surface area contributed by atoms with Crippen LogP contribution in [0.2, 0.25) is 10.0 Å². The molecule has 0 aliphatic carbocycles. The molecule has 0 bridgehead atoms. The van der Waals surface area contributed by atoms with Crippen LogP contribution >= 0.6 is 23.2 Å². The normalized spacial score (nSPS) is 15.0. The molecule has 29 heavy (non-hydrogen) atoms. The van der Waals surface area contributed by atoms with Gasteiger partial charge in [-0.25, -0.2) is 0 Å². The quantitative estimate of drug-likeness (QED) is 0.553. The summed E-state index contributed by atoms with van der Waals surface area (Å²) in [7, 11) is 1.53. The predicted octanol–water partition coefficient (Wildman–Crippen LogP) is 3.59. The number of amides is 2. The molecule has 1 aliphatic heterocycles. The van der Waals surface area contributed by atoms with E-state index in [4.69, 9.17) is 23.2 Å². The van der Waals surface area contributed by atoms with E-state index in [2.05, 4.69) is 15.6 Å². The van der Waals surface area contributed by atoms with Crippen molar-refractivity contribution in [1.29, 1.82) is 0 Å². The maximum absolute atomic E-state index is 13.0. The number of aromatic nitrogens is 1. The summed E-state index contributed by atoms with van der Waals surface area (Å²) in [5.74, 6) is -0.749. The molecule has 1 aromatic heterocycles. The monoisotopic (exact) mass is 430 g/mol. The number of H-pyrrole nitrogens is 1. The molecule has 0 radical (unpaired) electrons. The lowest BCUT2D eigenvalue weighted by Crippen LogP contribution is -2.54. The van der Waals surface area contributed by atoms with Gasteiger partial charge in [0.05, 0.1) is 0 Å². The van der Waals surface area contributed by atoms with E-state index in [0.717, 1.165) is 16.6 Å². The number of rotatable bonds is 4. The number of nitrogens with zero attached hydrogens (tertiary/aromatic N) is 1. The third kappa shape index (κ3) is 3.96. The molecule has 0 fully saturated rings. The first-order chi connectivity index (χ1) is 14.0. The van der Waals surface area contributed by atoms with Crippen LogP contribution in [0.1, 0.15) is 11.3 Å². The molecule has 2 heterocycles. The number of hydrogen-bond acceptors (Lipinski definition) is 3. The van der Waals surface area contributed by atoms with Crippen molar-refractivity contribution in [2.75, 3.05) is 18.9 Å². The van der Waals surface area contributed by atoms with Crippen molar-refractivity contribution < 1.29 is 9.59 Å². The van der Waals surface area contributed by atoms with Gasteiger partial charge >= 0.3 is 0 Å². The first-order valence-electron chi connectivity index (χ1n) is 9.27. The minimum Gasteiger partial charge on any atom is -0.357 e. The highest BCUT2D eigenvalue weighted by molar-refractivity contribution is 6.31. The second-order valence-corrected chi connectivity index (χ2v) is 7.88. The summed E-state index contributed by atoms with van der Waals surface area (Å²) in [6.45, 7) is 1.04. The molecule has 1 unspecified atom stereocenters. The van der Waals surface area contributed by atoms with Gasteiger partial charge in [-0.05, 0) is 48.4 Å². The van der Waals surface area contributed by atoms with E-state index >= 15 is 0 Å². The van der Waals surface area contributed by atoms with Crippen LogP contribution in [-0.4, -0.2) is 41.3 Å². The standard InChI is InChI=1S/C21H20Cl2N4O2/c1-24-20(28)19(21(29)25-14-4-2-3-12(22)9-14)27-8-7-15-16-10-13(23)5-6-17(16)26-18(15)11-27/h2-6,9-10,19,26H,7-8,11H2,1H3,(H,24,28)(H,25,29). The number of carbonyl (C=O) groups is 2. The van der Waals surface area contributed by atoms with Crippen LogP contribution < -0.4 is 10.6 Å². The van der Waals surface area contributed by atoms with Crippen LogP contribution in [0, 0.1) is 0 Å². The van der Waals surface area contributed by atoms with Crippen molar-refractivity contribution in [3.05, 3.63) is 63.8 Å². The Morgan fingerprint density at radius 2 is 1.90 bits per heavy atom. The summed E-state index contributed by atoms with van der Waals surface area (Å²) < 4.78 is 0. The first kappa shape index (κ1) is 19.8. The summed E-state index contributed by atoms with van der Waals surface area (Å²) in [5.41, 5.74) is 3.73. The SMILES string of the molecule is CNC(=O)C(C(=O)Nc1cccc(Cl)c1)N1CCc2c([nH]c3ccc(Cl)cc23)C1. The van der Waals surface area contributed by atoms with E-state index in [9.17, 15) is 9.59 Å². The summed E-state index contributed by atoms with van der Waals surface area (Å²) in [5, 5.41) is 7.69. The van der Waals surface area contributed by atoms with Gasteiger partial charge in [-0.2, -0.15) is 0 Å². The van der Waals surface area contributed by atoms with Crippen LogP contribution in [0.3, 0.4) is 0 Å². The van der Waals surface area contributed by atoms with Gasteiger partial charge < -0.3 is 15.6 Å². The lowest BCUT2D eigenvalue weighted by atomic mass is 10.0. The Balaban J connectivity index is 1.60. The van der Waals surface area contributed by atoms with Gasteiger partial charge in [0, 0.05) is 52.5 Å². The third-order valence-electron chi connectivity index (χ3n) is 5.17. The Morgan fingerprint density at radius 1 is 1.10 bits per heavy atom. The highest BCUT2D eigenvalue weighted by atomic mass is 35.5. The summed E-state index contributed by atoms with van der Waals surface area (Å²) in [4.78, 5) is 30.8. The fourth-order valence-corrected chi connectivity index (χ4v) is 4.18. The zero-order valence-electron chi connectivity index (χ0n) is 15.8. The van der Waals surface area contributed by atoms with Gasteiger partial charge in [-0.3, -0.25) is 14.5 Å².